The number of para-hydroxylation sites is 1. The second kappa shape index (κ2) is 9.64. The van der Waals surface area contributed by atoms with Crippen LogP contribution in [0.4, 0.5) is 11.4 Å². The summed E-state index contributed by atoms with van der Waals surface area (Å²) in [5, 5.41) is 0.428. The standard InChI is InChI=1S/C35H25ClN2O5/c36-26-14-5-6-15-27(26)37-18-19(16-28(37)39)35(42)43-21-9-7-8-20(17-21)38-33(40)31-29-22-10-1-2-11-23(22)30(32(31)34(38)41)25-13-4-3-12-24(25)29/h1-15,17,19,29-32H,16,18H2/t19-,29?,30?,31-,32-/m1/s1. The summed E-state index contributed by atoms with van der Waals surface area (Å²) < 4.78 is 5.71. The van der Waals surface area contributed by atoms with E-state index in [1.54, 1.807) is 48.5 Å². The molecule has 2 heterocycles. The van der Waals surface area contributed by atoms with Gasteiger partial charge in [0.15, 0.2) is 0 Å². The number of carbonyl (C=O) groups excluding carboxylic acids is 4. The van der Waals surface area contributed by atoms with E-state index in [1.165, 1.54) is 9.80 Å². The number of imide groups is 1. The van der Waals surface area contributed by atoms with Gasteiger partial charge in [-0.25, -0.2) is 4.90 Å². The van der Waals surface area contributed by atoms with Gasteiger partial charge in [0, 0.05) is 30.9 Å². The van der Waals surface area contributed by atoms with Crippen molar-refractivity contribution >= 4 is 46.7 Å². The maximum atomic E-state index is 14.1. The molecule has 5 aliphatic rings. The molecule has 0 unspecified atom stereocenters. The Morgan fingerprint density at radius 1 is 0.721 bits per heavy atom. The van der Waals surface area contributed by atoms with Crippen molar-refractivity contribution in [3.63, 3.8) is 0 Å². The highest BCUT2D eigenvalue weighted by Crippen LogP contribution is 2.61. The van der Waals surface area contributed by atoms with Crippen LogP contribution in [0.25, 0.3) is 0 Å². The number of hydrogen-bond acceptors (Lipinski definition) is 5. The number of halogens is 1. The first kappa shape index (κ1) is 25.9. The zero-order valence-electron chi connectivity index (χ0n) is 22.9. The van der Waals surface area contributed by atoms with Crippen LogP contribution in [-0.4, -0.2) is 30.2 Å². The van der Waals surface area contributed by atoms with E-state index in [2.05, 4.69) is 24.3 Å². The molecule has 0 N–H and O–H groups in total. The van der Waals surface area contributed by atoms with Crippen LogP contribution in [-0.2, 0) is 19.2 Å². The molecule has 0 saturated carbocycles. The highest BCUT2D eigenvalue weighted by Gasteiger charge is 2.61. The Balaban J connectivity index is 1.06. The van der Waals surface area contributed by atoms with E-state index in [-0.39, 0.29) is 48.3 Å². The normalized spacial score (nSPS) is 25.0. The van der Waals surface area contributed by atoms with Crippen molar-refractivity contribution < 1.29 is 23.9 Å². The van der Waals surface area contributed by atoms with Gasteiger partial charge in [-0.05, 0) is 46.5 Å². The minimum atomic E-state index is -0.682. The summed E-state index contributed by atoms with van der Waals surface area (Å²) in [6.45, 7) is 0.150. The maximum Gasteiger partial charge on any atom is 0.316 e. The number of carbonyl (C=O) groups is 4. The van der Waals surface area contributed by atoms with Crippen LogP contribution >= 0.6 is 11.6 Å². The fraction of sp³-hybridized carbons (Fsp3) is 0.200. The molecule has 0 radical (unpaired) electrons. The second-order valence-corrected chi connectivity index (χ2v) is 12.0. The Hall–Kier alpha value is -4.75. The van der Waals surface area contributed by atoms with Crippen molar-refractivity contribution in [2.24, 2.45) is 17.8 Å². The molecule has 0 aromatic heterocycles. The lowest BCUT2D eigenvalue weighted by Crippen LogP contribution is -2.41. The number of rotatable bonds is 4. The average Bonchev–Trinajstić information content (AvgIpc) is 3.54. The van der Waals surface area contributed by atoms with E-state index in [1.807, 2.05) is 24.3 Å². The predicted octanol–water partition coefficient (Wildman–Crippen LogP) is 5.70. The first-order valence-corrected chi connectivity index (χ1v) is 14.7. The monoisotopic (exact) mass is 588 g/mol. The highest BCUT2D eigenvalue weighted by atomic mass is 35.5. The Morgan fingerprint density at radius 3 is 1.86 bits per heavy atom. The third kappa shape index (κ3) is 3.81. The summed E-state index contributed by atoms with van der Waals surface area (Å²) in [4.78, 5) is 56.8. The van der Waals surface area contributed by atoms with Gasteiger partial charge in [-0.3, -0.25) is 19.2 Å². The van der Waals surface area contributed by atoms with Crippen LogP contribution in [0.15, 0.2) is 97.1 Å². The fourth-order valence-corrected chi connectivity index (χ4v) is 7.82. The summed E-state index contributed by atoms with van der Waals surface area (Å²) in [5.74, 6) is -3.15. The lowest BCUT2D eigenvalue weighted by atomic mass is 9.55. The van der Waals surface area contributed by atoms with Crippen LogP contribution in [0.5, 0.6) is 5.75 Å². The lowest BCUT2D eigenvalue weighted by Gasteiger charge is -2.45. The van der Waals surface area contributed by atoms with E-state index in [9.17, 15) is 19.2 Å². The number of anilines is 2. The zero-order valence-corrected chi connectivity index (χ0v) is 23.6. The Labute approximate surface area is 252 Å². The topological polar surface area (TPSA) is 84.0 Å². The van der Waals surface area contributed by atoms with Gasteiger partial charge in [0.2, 0.25) is 17.7 Å². The SMILES string of the molecule is O=C(Oc1cccc(N2C(=O)[C@@H]3C4c5ccccc5C(c5ccccc54)[C@H]3C2=O)c1)[C@@H]1CC(=O)N(c2ccccc2Cl)C1. The van der Waals surface area contributed by atoms with Gasteiger partial charge in [0.1, 0.15) is 5.75 Å². The van der Waals surface area contributed by atoms with Crippen molar-refractivity contribution in [1.29, 1.82) is 0 Å². The van der Waals surface area contributed by atoms with E-state index in [0.29, 0.717) is 16.4 Å². The molecule has 3 amide bonds. The van der Waals surface area contributed by atoms with Crippen LogP contribution < -0.4 is 14.5 Å². The molecule has 2 fully saturated rings. The molecule has 4 aromatic rings. The number of benzene rings is 4. The summed E-state index contributed by atoms with van der Waals surface area (Å²) in [6, 6.07) is 29.7. The smallest absolute Gasteiger partial charge is 0.316 e. The number of hydrogen-bond donors (Lipinski definition) is 0. The largest absolute Gasteiger partial charge is 0.426 e. The zero-order chi connectivity index (χ0) is 29.4. The molecule has 2 aliphatic heterocycles. The second-order valence-electron chi connectivity index (χ2n) is 11.6. The van der Waals surface area contributed by atoms with Crippen molar-refractivity contribution in [3.8, 4) is 5.75 Å². The molecule has 3 atom stereocenters. The third-order valence-electron chi connectivity index (χ3n) is 9.34. The Morgan fingerprint density at radius 2 is 1.28 bits per heavy atom. The van der Waals surface area contributed by atoms with Gasteiger partial charge in [-0.1, -0.05) is 78.3 Å². The highest BCUT2D eigenvalue weighted by molar-refractivity contribution is 6.34. The van der Waals surface area contributed by atoms with E-state index >= 15 is 0 Å². The summed E-state index contributed by atoms with van der Waals surface area (Å²) in [6.07, 6.45) is 0.0000988. The summed E-state index contributed by atoms with van der Waals surface area (Å²) in [7, 11) is 0. The van der Waals surface area contributed by atoms with Gasteiger partial charge in [0.05, 0.1) is 34.2 Å². The average molecular weight is 589 g/mol. The molecule has 2 bridgehead atoms. The molecule has 8 heteroatoms. The Bertz CT molecular complexity index is 1750. The van der Waals surface area contributed by atoms with Crippen molar-refractivity contribution in [1.82, 2.24) is 0 Å². The van der Waals surface area contributed by atoms with E-state index < -0.39 is 23.7 Å². The number of nitrogens with zero attached hydrogens (tertiary/aromatic N) is 2. The fourth-order valence-electron chi connectivity index (χ4n) is 7.59. The first-order valence-electron chi connectivity index (χ1n) is 14.3. The molecular formula is C35H25ClN2O5. The summed E-state index contributed by atoms with van der Waals surface area (Å²) in [5.41, 5.74) is 5.34. The van der Waals surface area contributed by atoms with Gasteiger partial charge < -0.3 is 9.64 Å². The molecule has 3 aliphatic carbocycles. The van der Waals surface area contributed by atoms with Crippen molar-refractivity contribution in [2.45, 2.75) is 18.3 Å². The summed E-state index contributed by atoms with van der Waals surface area (Å²) >= 11 is 6.28. The molecule has 4 aromatic carbocycles. The molecule has 0 spiro atoms. The first-order chi connectivity index (χ1) is 20.9. The minimum Gasteiger partial charge on any atom is -0.426 e. The van der Waals surface area contributed by atoms with E-state index in [4.69, 9.17) is 16.3 Å². The van der Waals surface area contributed by atoms with Gasteiger partial charge in [-0.15, -0.1) is 0 Å². The molecule has 7 nitrogen and oxygen atoms in total. The predicted molar refractivity (Wildman–Crippen MR) is 160 cm³/mol. The van der Waals surface area contributed by atoms with Crippen molar-refractivity contribution in [3.05, 3.63) is 124 Å². The molecule has 2 saturated heterocycles. The molecule has 43 heavy (non-hydrogen) atoms. The van der Waals surface area contributed by atoms with E-state index in [0.717, 1.165) is 22.3 Å². The number of ether oxygens (including phenoxy) is 1. The van der Waals surface area contributed by atoms with Crippen LogP contribution in [0.2, 0.25) is 5.02 Å². The quantitative estimate of drug-likeness (QED) is 0.174. The molecule has 9 rings (SSSR count). The molecular weight excluding hydrogens is 564 g/mol. The Kier molecular flexibility index (Phi) is 5.81. The number of esters is 1. The van der Waals surface area contributed by atoms with Crippen LogP contribution in [0.1, 0.15) is 40.5 Å². The van der Waals surface area contributed by atoms with Crippen LogP contribution in [0.3, 0.4) is 0 Å². The van der Waals surface area contributed by atoms with Gasteiger partial charge in [-0.2, -0.15) is 0 Å². The van der Waals surface area contributed by atoms with Gasteiger partial charge in [0.25, 0.3) is 0 Å². The maximum absolute atomic E-state index is 14.1. The minimum absolute atomic E-state index is 0.0000988. The van der Waals surface area contributed by atoms with Gasteiger partial charge >= 0.3 is 5.97 Å². The van der Waals surface area contributed by atoms with Crippen molar-refractivity contribution in [2.75, 3.05) is 16.3 Å². The number of amides is 3. The molecule has 212 valence electrons. The van der Waals surface area contributed by atoms with Crippen LogP contribution in [0, 0.1) is 17.8 Å². The lowest BCUT2D eigenvalue weighted by molar-refractivity contribution is -0.139. The third-order valence-corrected chi connectivity index (χ3v) is 9.66.